The van der Waals surface area contributed by atoms with Crippen molar-refractivity contribution in [3.8, 4) is 11.3 Å². The summed E-state index contributed by atoms with van der Waals surface area (Å²) >= 11 is 0. The van der Waals surface area contributed by atoms with Crippen LogP contribution in [0.25, 0.3) is 22.2 Å². The Morgan fingerprint density at radius 1 is 0.738 bits per heavy atom. The molecular formula is C36H51N3O3. The summed E-state index contributed by atoms with van der Waals surface area (Å²) in [5.41, 5.74) is 3.16. The van der Waals surface area contributed by atoms with Gasteiger partial charge < -0.3 is 4.98 Å². The first-order valence-corrected chi connectivity index (χ1v) is 16.4. The molecule has 0 radical (unpaired) electrons. The van der Waals surface area contributed by atoms with Crippen molar-refractivity contribution in [2.75, 3.05) is 0 Å². The molecule has 1 fully saturated rings. The molecule has 4 rings (SSSR count). The maximum Gasteiger partial charge on any atom is 0.230 e. The van der Waals surface area contributed by atoms with Gasteiger partial charge in [0.05, 0.1) is 5.69 Å². The largest absolute Gasteiger partial charge is 0.353 e. The van der Waals surface area contributed by atoms with E-state index >= 15 is 0 Å². The van der Waals surface area contributed by atoms with Gasteiger partial charge >= 0.3 is 0 Å². The van der Waals surface area contributed by atoms with Crippen LogP contribution in [0.5, 0.6) is 0 Å². The highest BCUT2D eigenvalue weighted by Crippen LogP contribution is 2.36. The van der Waals surface area contributed by atoms with Gasteiger partial charge in [-0.3, -0.25) is 14.9 Å². The number of para-hydroxylation sites is 1. The molecule has 2 amide bonds. The standard InChI is InChI=1S/C22H41NO2.C14H10N2O/c1-3-5-7-8-9-10-11-12-13-14-15-17-19(16-6-4-2)20-18-21(24)23-22(20)25;17-16-14-11-8-4-5-9-12(11)15-13(14)10-6-2-1-3-7-10/h19-20H,3-18H2,1-2H3,(H,23,24,25);1-9,15H. The third-order valence-electron chi connectivity index (χ3n) is 8.51. The summed E-state index contributed by atoms with van der Waals surface area (Å²) in [5.74, 6) is 0.261. The van der Waals surface area contributed by atoms with Gasteiger partial charge in [0, 0.05) is 28.8 Å². The van der Waals surface area contributed by atoms with Gasteiger partial charge in [0.2, 0.25) is 11.8 Å². The first-order chi connectivity index (χ1) is 20.6. The van der Waals surface area contributed by atoms with Crippen LogP contribution in [-0.4, -0.2) is 16.8 Å². The van der Waals surface area contributed by atoms with Crippen LogP contribution in [0.1, 0.15) is 117 Å². The Balaban J connectivity index is 0.000000245. The number of fused-ring (bicyclic) bond motifs is 1. The van der Waals surface area contributed by atoms with Crippen molar-refractivity contribution in [2.45, 2.75) is 117 Å². The van der Waals surface area contributed by atoms with E-state index in [0.29, 0.717) is 18.0 Å². The normalized spacial score (nSPS) is 15.3. The van der Waals surface area contributed by atoms with Gasteiger partial charge in [0.1, 0.15) is 5.69 Å². The number of nitrogens with one attached hydrogen (secondary N) is 2. The molecular weight excluding hydrogens is 522 g/mol. The lowest BCUT2D eigenvalue weighted by atomic mass is 9.83. The molecule has 42 heavy (non-hydrogen) atoms. The molecule has 1 aliphatic rings. The van der Waals surface area contributed by atoms with E-state index < -0.39 is 0 Å². The topological polar surface area (TPSA) is 91.4 Å². The molecule has 2 aromatic carbocycles. The molecule has 2 unspecified atom stereocenters. The number of hydrogen-bond donors (Lipinski definition) is 2. The maximum absolute atomic E-state index is 12.0. The van der Waals surface area contributed by atoms with Crippen LogP contribution in [0.2, 0.25) is 0 Å². The number of hydrogen-bond acceptors (Lipinski definition) is 4. The van der Waals surface area contributed by atoms with Crippen molar-refractivity contribution in [1.29, 1.82) is 0 Å². The third kappa shape index (κ3) is 10.5. The van der Waals surface area contributed by atoms with Crippen LogP contribution in [0.4, 0.5) is 5.69 Å². The zero-order valence-electron chi connectivity index (χ0n) is 25.8. The molecule has 1 saturated heterocycles. The molecule has 6 heteroatoms. The second-order valence-corrected chi connectivity index (χ2v) is 11.8. The zero-order chi connectivity index (χ0) is 30.0. The Bertz CT molecular complexity index is 1220. The minimum atomic E-state index is -0.0737. The number of benzene rings is 2. The summed E-state index contributed by atoms with van der Waals surface area (Å²) in [5, 5.41) is 6.50. The highest BCUT2D eigenvalue weighted by atomic mass is 16.3. The van der Waals surface area contributed by atoms with Gasteiger partial charge in [-0.25, -0.2) is 0 Å². The Hall–Kier alpha value is -3.28. The molecule has 3 aromatic rings. The maximum atomic E-state index is 12.0. The third-order valence-corrected chi connectivity index (χ3v) is 8.51. The second kappa shape index (κ2) is 19.0. The number of amides is 2. The number of H-pyrrole nitrogens is 1. The van der Waals surface area contributed by atoms with Gasteiger partial charge in [0.25, 0.3) is 0 Å². The molecule has 0 bridgehead atoms. The molecule has 1 aliphatic heterocycles. The fraction of sp³-hybridized carbons (Fsp3) is 0.556. The molecule has 2 atom stereocenters. The minimum Gasteiger partial charge on any atom is -0.353 e. The number of nitrogens with zero attached hydrogens (tertiary/aromatic N) is 1. The summed E-state index contributed by atoms with van der Waals surface area (Å²) in [7, 11) is 0. The van der Waals surface area contributed by atoms with E-state index in [1.807, 2.05) is 54.6 Å². The quantitative estimate of drug-likeness (QED) is 0.0900. The highest BCUT2D eigenvalue weighted by molar-refractivity contribution is 6.03. The molecule has 0 spiro atoms. The fourth-order valence-electron chi connectivity index (χ4n) is 6.07. The van der Waals surface area contributed by atoms with Crippen LogP contribution < -0.4 is 5.32 Å². The Morgan fingerprint density at radius 3 is 1.90 bits per heavy atom. The van der Waals surface area contributed by atoms with E-state index in [4.69, 9.17) is 0 Å². The van der Waals surface area contributed by atoms with E-state index in [1.165, 1.54) is 77.0 Å². The van der Waals surface area contributed by atoms with E-state index in [9.17, 15) is 14.5 Å². The summed E-state index contributed by atoms with van der Waals surface area (Å²) in [6.07, 6.45) is 19.9. The second-order valence-electron chi connectivity index (χ2n) is 11.8. The summed E-state index contributed by atoms with van der Waals surface area (Å²) in [6, 6.07) is 17.4. The monoisotopic (exact) mass is 573 g/mol. The van der Waals surface area contributed by atoms with E-state index in [2.05, 4.69) is 29.3 Å². The number of aromatic nitrogens is 1. The summed E-state index contributed by atoms with van der Waals surface area (Å²) in [4.78, 5) is 37.7. The number of nitroso groups, excluding NO2 is 1. The number of imide groups is 1. The lowest BCUT2D eigenvalue weighted by Gasteiger charge is -2.20. The van der Waals surface area contributed by atoms with Crippen molar-refractivity contribution in [3.05, 3.63) is 59.5 Å². The number of carbonyl (C=O) groups excluding carboxylic acids is 2. The van der Waals surface area contributed by atoms with Crippen LogP contribution in [-0.2, 0) is 9.59 Å². The van der Waals surface area contributed by atoms with Gasteiger partial charge in [-0.15, -0.1) is 4.91 Å². The number of aromatic amines is 1. The summed E-state index contributed by atoms with van der Waals surface area (Å²) in [6.45, 7) is 4.46. The number of carbonyl (C=O) groups is 2. The molecule has 1 aromatic heterocycles. The van der Waals surface area contributed by atoms with Crippen LogP contribution in [0.15, 0.2) is 59.8 Å². The van der Waals surface area contributed by atoms with Crippen LogP contribution in [0.3, 0.4) is 0 Å². The van der Waals surface area contributed by atoms with Gasteiger partial charge in [-0.1, -0.05) is 146 Å². The van der Waals surface area contributed by atoms with Crippen molar-refractivity contribution >= 4 is 28.4 Å². The molecule has 2 N–H and O–H groups in total. The lowest BCUT2D eigenvalue weighted by Crippen LogP contribution is -2.26. The molecule has 2 heterocycles. The van der Waals surface area contributed by atoms with Gasteiger partial charge in [-0.05, 0) is 30.0 Å². The van der Waals surface area contributed by atoms with Crippen molar-refractivity contribution < 1.29 is 9.59 Å². The number of unbranched alkanes of at least 4 members (excludes halogenated alkanes) is 11. The van der Waals surface area contributed by atoms with Crippen molar-refractivity contribution in [2.24, 2.45) is 17.0 Å². The van der Waals surface area contributed by atoms with Crippen LogP contribution in [0, 0.1) is 16.7 Å². The van der Waals surface area contributed by atoms with Gasteiger partial charge in [0.15, 0.2) is 0 Å². The predicted molar refractivity (Wildman–Crippen MR) is 175 cm³/mol. The first-order valence-electron chi connectivity index (χ1n) is 16.4. The highest BCUT2D eigenvalue weighted by Gasteiger charge is 2.35. The Kier molecular flexibility index (Phi) is 15.0. The van der Waals surface area contributed by atoms with E-state index in [1.54, 1.807) is 0 Å². The average Bonchev–Trinajstić information content (AvgIpc) is 3.56. The SMILES string of the molecule is CCCCCCCCCCCCCC(CCCC)C1CC(=O)NC1=O.O=Nc1c(-c2ccccc2)[nH]c2ccccc12. The Labute approximate surface area is 252 Å². The van der Waals surface area contributed by atoms with Crippen molar-refractivity contribution in [3.63, 3.8) is 0 Å². The Morgan fingerprint density at radius 2 is 1.31 bits per heavy atom. The van der Waals surface area contributed by atoms with Crippen molar-refractivity contribution in [1.82, 2.24) is 10.3 Å². The average molecular weight is 574 g/mol. The molecule has 6 nitrogen and oxygen atoms in total. The zero-order valence-corrected chi connectivity index (χ0v) is 25.8. The van der Waals surface area contributed by atoms with E-state index in [0.717, 1.165) is 41.4 Å². The minimum absolute atomic E-state index is 0.0193. The van der Waals surface area contributed by atoms with E-state index in [-0.39, 0.29) is 17.7 Å². The summed E-state index contributed by atoms with van der Waals surface area (Å²) < 4.78 is 0. The van der Waals surface area contributed by atoms with Crippen LogP contribution >= 0.6 is 0 Å². The molecule has 0 saturated carbocycles. The fourth-order valence-corrected chi connectivity index (χ4v) is 6.07. The first kappa shape index (κ1) is 33.2. The molecule has 228 valence electrons. The van der Waals surface area contributed by atoms with Gasteiger partial charge in [-0.2, -0.15) is 0 Å². The number of rotatable bonds is 18. The predicted octanol–water partition coefficient (Wildman–Crippen LogP) is 10.4. The lowest BCUT2D eigenvalue weighted by molar-refractivity contribution is -0.126. The smallest absolute Gasteiger partial charge is 0.230 e. The molecule has 0 aliphatic carbocycles.